The molecule has 1 aliphatic carbocycles. The van der Waals surface area contributed by atoms with Gasteiger partial charge in [0.2, 0.25) is 0 Å². The lowest BCUT2D eigenvalue weighted by molar-refractivity contribution is -0.140. The van der Waals surface area contributed by atoms with Crippen LogP contribution in [0.1, 0.15) is 41.1 Å². The normalized spacial score (nSPS) is 22.3. The van der Waals surface area contributed by atoms with Gasteiger partial charge in [-0.1, -0.05) is 66.7 Å². The van der Waals surface area contributed by atoms with Gasteiger partial charge in [-0.3, -0.25) is 14.5 Å². The molecule has 0 aromatic heterocycles. The molecule has 1 fully saturated rings. The molecule has 6 rings (SSSR count). The highest BCUT2D eigenvalue weighted by molar-refractivity contribution is 6.10. The largest absolute Gasteiger partial charge is 0.497 e. The van der Waals surface area contributed by atoms with Crippen LogP contribution < -0.4 is 10.1 Å². The molecule has 1 N–H and O–H groups in total. The van der Waals surface area contributed by atoms with Gasteiger partial charge in [0.05, 0.1) is 18.9 Å². The van der Waals surface area contributed by atoms with Crippen LogP contribution >= 0.6 is 0 Å². The molecule has 37 heavy (non-hydrogen) atoms. The molecule has 0 bridgehead atoms. The molecule has 1 spiro atoms. The Balaban J connectivity index is 1.29. The molecule has 1 saturated heterocycles. The van der Waals surface area contributed by atoms with E-state index in [0.717, 1.165) is 32.9 Å². The first-order valence-corrected chi connectivity index (χ1v) is 12.3. The van der Waals surface area contributed by atoms with E-state index in [1.54, 1.807) is 7.11 Å². The summed E-state index contributed by atoms with van der Waals surface area (Å²) in [6, 6.07) is 23.9. The van der Waals surface area contributed by atoms with Crippen molar-refractivity contribution < 1.29 is 19.1 Å². The monoisotopic (exact) mass is 494 g/mol. The van der Waals surface area contributed by atoms with Crippen molar-refractivity contribution >= 4 is 23.6 Å². The summed E-state index contributed by atoms with van der Waals surface area (Å²) in [6.07, 6.45) is 1.69. The molecule has 3 aromatic rings. The average Bonchev–Trinajstić information content (AvgIpc) is 3.61. The number of nitrogens with zero attached hydrogens (tertiary/aromatic N) is 3. The summed E-state index contributed by atoms with van der Waals surface area (Å²) in [5.74, 6) is -0.0906. The summed E-state index contributed by atoms with van der Waals surface area (Å²) in [4.78, 5) is 41.2. The summed E-state index contributed by atoms with van der Waals surface area (Å²) < 4.78 is 5.28. The minimum Gasteiger partial charge on any atom is -0.497 e. The number of aryl methyl sites for hydroxylation is 1. The zero-order valence-corrected chi connectivity index (χ0v) is 20.4. The fraction of sp³-hybridized carbons (Fsp3) is 0.241. The molecule has 0 saturated carbocycles. The summed E-state index contributed by atoms with van der Waals surface area (Å²) >= 11 is 0. The minimum absolute atomic E-state index is 0.365. The highest BCUT2D eigenvalue weighted by Crippen LogP contribution is 2.41. The molecular weight excluding hydrogens is 468 g/mol. The van der Waals surface area contributed by atoms with E-state index in [-0.39, 0.29) is 18.5 Å². The first-order valence-electron chi connectivity index (χ1n) is 12.3. The topological polar surface area (TPSA) is 91.3 Å². The second-order valence-electron chi connectivity index (χ2n) is 9.53. The van der Waals surface area contributed by atoms with E-state index in [0.29, 0.717) is 25.0 Å². The Hall–Kier alpha value is -4.46. The smallest absolute Gasteiger partial charge is 0.325 e. The van der Waals surface area contributed by atoms with Gasteiger partial charge in [-0.2, -0.15) is 5.10 Å². The molecule has 2 aliphatic heterocycles. The maximum atomic E-state index is 13.6. The third-order valence-electron chi connectivity index (χ3n) is 7.49. The lowest BCUT2D eigenvalue weighted by Gasteiger charge is -2.25. The second-order valence-corrected chi connectivity index (χ2v) is 9.53. The van der Waals surface area contributed by atoms with Crippen molar-refractivity contribution in [2.75, 3.05) is 13.7 Å². The number of nitrogens with one attached hydrogen (secondary N) is 1. The van der Waals surface area contributed by atoms with Gasteiger partial charge in [-0.05, 0) is 47.2 Å². The summed E-state index contributed by atoms with van der Waals surface area (Å²) in [5, 5.41) is 8.98. The highest BCUT2D eigenvalue weighted by Gasteiger charge is 2.55. The molecule has 0 unspecified atom stereocenters. The van der Waals surface area contributed by atoms with Crippen LogP contribution in [0.2, 0.25) is 0 Å². The minimum atomic E-state index is -1.10. The van der Waals surface area contributed by atoms with E-state index in [1.165, 1.54) is 5.01 Å². The molecule has 2 heterocycles. The SMILES string of the molecule is COc1ccc([C@@H]2CC(c3ccccc3)=NN2C(=O)CN2C(=O)N[C@@]3(CCc4ccccc43)C2=O)cc1. The third kappa shape index (κ3) is 3.76. The maximum absolute atomic E-state index is 13.6. The number of rotatable bonds is 5. The van der Waals surface area contributed by atoms with Gasteiger partial charge in [0.1, 0.15) is 17.8 Å². The second kappa shape index (κ2) is 8.89. The van der Waals surface area contributed by atoms with Gasteiger partial charge in [-0.15, -0.1) is 0 Å². The van der Waals surface area contributed by atoms with Crippen LogP contribution in [-0.4, -0.2) is 47.1 Å². The molecular formula is C29H26N4O4. The Kier molecular flexibility index (Phi) is 5.52. The number of methoxy groups -OCH3 is 1. The first kappa shape index (κ1) is 23.0. The lowest BCUT2D eigenvalue weighted by Crippen LogP contribution is -2.44. The zero-order chi connectivity index (χ0) is 25.6. The molecule has 2 atom stereocenters. The number of benzene rings is 3. The van der Waals surface area contributed by atoms with Crippen LogP contribution in [0.25, 0.3) is 0 Å². The average molecular weight is 495 g/mol. The Morgan fingerprint density at radius 1 is 1.03 bits per heavy atom. The number of fused-ring (bicyclic) bond motifs is 2. The lowest BCUT2D eigenvalue weighted by atomic mass is 9.92. The molecule has 8 nitrogen and oxygen atoms in total. The Morgan fingerprint density at radius 2 is 1.76 bits per heavy atom. The molecule has 3 aliphatic rings. The van der Waals surface area contributed by atoms with Crippen molar-refractivity contribution in [3.05, 3.63) is 101 Å². The number of amides is 4. The number of urea groups is 1. The summed E-state index contributed by atoms with van der Waals surface area (Å²) in [5.41, 5.74) is 3.33. The third-order valence-corrected chi connectivity index (χ3v) is 7.49. The van der Waals surface area contributed by atoms with Crippen LogP contribution in [0.4, 0.5) is 4.79 Å². The Bertz CT molecular complexity index is 1420. The molecule has 0 radical (unpaired) electrons. The Labute approximate surface area is 214 Å². The number of ether oxygens (including phenoxy) is 1. The number of carbonyl (C=O) groups is 3. The predicted molar refractivity (Wildman–Crippen MR) is 137 cm³/mol. The maximum Gasteiger partial charge on any atom is 0.325 e. The van der Waals surface area contributed by atoms with Crippen molar-refractivity contribution in [2.24, 2.45) is 5.10 Å². The van der Waals surface area contributed by atoms with Crippen molar-refractivity contribution in [1.82, 2.24) is 15.2 Å². The van der Waals surface area contributed by atoms with Crippen molar-refractivity contribution in [1.29, 1.82) is 0 Å². The van der Waals surface area contributed by atoms with Gasteiger partial charge >= 0.3 is 6.03 Å². The van der Waals surface area contributed by atoms with Crippen molar-refractivity contribution in [3.63, 3.8) is 0 Å². The van der Waals surface area contributed by atoms with Gasteiger partial charge in [-0.25, -0.2) is 9.80 Å². The number of hydrogen-bond acceptors (Lipinski definition) is 5. The van der Waals surface area contributed by atoms with E-state index in [4.69, 9.17) is 4.74 Å². The quantitative estimate of drug-likeness (QED) is 0.547. The van der Waals surface area contributed by atoms with Crippen LogP contribution in [0, 0.1) is 0 Å². The van der Waals surface area contributed by atoms with E-state index in [9.17, 15) is 14.4 Å². The standard InChI is InChI=1S/C29H26N4O4/c1-37-22-13-11-21(12-14-22)25-17-24(20-8-3-2-4-9-20)31-33(25)26(34)18-32-27(35)29(30-28(32)36)16-15-19-7-5-6-10-23(19)29/h2-14,25H,15-18H2,1H3,(H,30,36)/t25-,29+/m0/s1. The predicted octanol–water partition coefficient (Wildman–Crippen LogP) is 3.77. The highest BCUT2D eigenvalue weighted by atomic mass is 16.5. The molecule has 4 amide bonds. The molecule has 186 valence electrons. The van der Waals surface area contributed by atoms with Gasteiger partial charge in [0.25, 0.3) is 11.8 Å². The van der Waals surface area contributed by atoms with E-state index < -0.39 is 17.5 Å². The van der Waals surface area contributed by atoms with Crippen molar-refractivity contribution in [2.45, 2.75) is 30.8 Å². The van der Waals surface area contributed by atoms with Gasteiger partial charge in [0.15, 0.2) is 0 Å². The number of hydrazone groups is 1. The van der Waals surface area contributed by atoms with E-state index in [1.807, 2.05) is 78.9 Å². The van der Waals surface area contributed by atoms with Gasteiger partial charge < -0.3 is 10.1 Å². The van der Waals surface area contributed by atoms with Crippen LogP contribution in [0.15, 0.2) is 84.0 Å². The first-order chi connectivity index (χ1) is 18.0. The number of carbonyl (C=O) groups excluding carboxylic acids is 3. The fourth-order valence-corrected chi connectivity index (χ4v) is 5.57. The summed E-state index contributed by atoms with van der Waals surface area (Å²) in [6.45, 7) is -0.382. The fourth-order valence-electron chi connectivity index (χ4n) is 5.57. The van der Waals surface area contributed by atoms with Crippen LogP contribution in [-0.2, 0) is 21.5 Å². The zero-order valence-electron chi connectivity index (χ0n) is 20.4. The summed E-state index contributed by atoms with van der Waals surface area (Å²) in [7, 11) is 1.60. The van der Waals surface area contributed by atoms with Crippen LogP contribution in [0.3, 0.4) is 0 Å². The molecule has 8 heteroatoms. The van der Waals surface area contributed by atoms with Crippen molar-refractivity contribution in [3.8, 4) is 5.75 Å². The Morgan fingerprint density at radius 3 is 2.51 bits per heavy atom. The number of imide groups is 1. The van der Waals surface area contributed by atoms with Gasteiger partial charge in [0, 0.05) is 6.42 Å². The van der Waals surface area contributed by atoms with E-state index >= 15 is 0 Å². The van der Waals surface area contributed by atoms with Crippen LogP contribution in [0.5, 0.6) is 5.75 Å². The molecule has 3 aromatic carbocycles. The number of hydrogen-bond donors (Lipinski definition) is 1. The van der Waals surface area contributed by atoms with E-state index in [2.05, 4.69) is 10.4 Å².